The van der Waals surface area contributed by atoms with Gasteiger partial charge in [0.05, 0.1) is 6.54 Å². The molecule has 27 heavy (non-hydrogen) atoms. The molecule has 3 aromatic rings. The minimum absolute atomic E-state index is 0.194. The van der Waals surface area contributed by atoms with Crippen molar-refractivity contribution < 1.29 is 18.4 Å². The van der Waals surface area contributed by atoms with E-state index in [9.17, 15) is 9.59 Å². The molecule has 0 aliphatic rings. The van der Waals surface area contributed by atoms with Crippen LogP contribution in [0.2, 0.25) is 0 Å². The highest BCUT2D eigenvalue weighted by Crippen LogP contribution is 2.24. The zero-order valence-electron chi connectivity index (χ0n) is 15.7. The van der Waals surface area contributed by atoms with Gasteiger partial charge in [-0.15, -0.1) is 10.2 Å². The zero-order valence-corrected chi connectivity index (χ0v) is 15.7. The number of hydrogen-bond acceptors (Lipinski definition) is 7. The Bertz CT molecular complexity index is 1020. The number of rotatable bonds is 6. The summed E-state index contributed by atoms with van der Waals surface area (Å²) >= 11 is 0. The highest BCUT2D eigenvalue weighted by Gasteiger charge is 2.21. The quantitative estimate of drug-likeness (QED) is 0.614. The van der Waals surface area contributed by atoms with Crippen molar-refractivity contribution in [3.8, 4) is 5.75 Å². The van der Waals surface area contributed by atoms with Crippen LogP contribution >= 0.6 is 0 Å². The lowest BCUT2D eigenvalue weighted by Gasteiger charge is -2.21. The Morgan fingerprint density at radius 3 is 2.70 bits per heavy atom. The smallest absolute Gasteiger partial charge is 0.336 e. The van der Waals surface area contributed by atoms with Gasteiger partial charge in [-0.05, 0) is 31.0 Å². The average Bonchev–Trinajstić information content (AvgIpc) is 3.04. The van der Waals surface area contributed by atoms with E-state index in [-0.39, 0.29) is 12.5 Å². The second-order valence-corrected chi connectivity index (χ2v) is 6.27. The van der Waals surface area contributed by atoms with E-state index in [0.29, 0.717) is 23.1 Å². The van der Waals surface area contributed by atoms with Crippen LogP contribution in [0.3, 0.4) is 0 Å². The third-order valence-electron chi connectivity index (χ3n) is 4.16. The van der Waals surface area contributed by atoms with Gasteiger partial charge in [0.1, 0.15) is 11.3 Å². The molecular formula is C19H21N3O5. The van der Waals surface area contributed by atoms with Gasteiger partial charge in [0.2, 0.25) is 11.8 Å². The monoisotopic (exact) mass is 371 g/mol. The maximum absolute atomic E-state index is 12.5. The number of amides is 1. The van der Waals surface area contributed by atoms with E-state index >= 15 is 0 Å². The first-order valence-corrected chi connectivity index (χ1v) is 8.64. The number of aromatic nitrogens is 2. The lowest BCUT2D eigenvalue weighted by molar-refractivity contribution is -0.137. The topological polar surface area (TPSA) is 98.7 Å². The van der Waals surface area contributed by atoms with Crippen molar-refractivity contribution in [1.29, 1.82) is 0 Å². The van der Waals surface area contributed by atoms with Gasteiger partial charge in [0.25, 0.3) is 5.91 Å². The number of likely N-dealkylation sites (N-methyl/N-ethyl adjacent to an activating group) is 1. The van der Waals surface area contributed by atoms with Crippen molar-refractivity contribution in [2.75, 3.05) is 7.05 Å². The molecule has 0 radical (unpaired) electrons. The van der Waals surface area contributed by atoms with Gasteiger partial charge in [-0.25, -0.2) is 4.79 Å². The summed E-state index contributed by atoms with van der Waals surface area (Å²) in [5, 5.41) is 8.47. The molecule has 8 nitrogen and oxygen atoms in total. The SMILES string of the molecule is CCc1cc(=O)oc2cc(OC(C)C(=O)N(C)Cc3nnc(C)o3)ccc12. The van der Waals surface area contributed by atoms with Crippen molar-refractivity contribution in [3.63, 3.8) is 0 Å². The summed E-state index contributed by atoms with van der Waals surface area (Å²) in [7, 11) is 1.63. The van der Waals surface area contributed by atoms with Crippen LogP contribution in [0.15, 0.2) is 37.9 Å². The summed E-state index contributed by atoms with van der Waals surface area (Å²) in [5.74, 6) is 1.01. The second kappa shape index (κ2) is 7.61. The van der Waals surface area contributed by atoms with Gasteiger partial charge >= 0.3 is 5.63 Å². The number of nitrogens with zero attached hydrogens (tertiary/aromatic N) is 3. The number of ether oxygens (including phenoxy) is 1. The highest BCUT2D eigenvalue weighted by atomic mass is 16.5. The van der Waals surface area contributed by atoms with Gasteiger partial charge in [0.15, 0.2) is 6.10 Å². The predicted octanol–water partition coefficient (Wildman–Crippen LogP) is 2.47. The van der Waals surface area contributed by atoms with Gasteiger partial charge in [-0.1, -0.05) is 6.92 Å². The molecule has 0 saturated carbocycles. The van der Waals surface area contributed by atoms with E-state index in [1.165, 1.54) is 11.0 Å². The number of benzene rings is 1. The van der Waals surface area contributed by atoms with Gasteiger partial charge < -0.3 is 18.5 Å². The van der Waals surface area contributed by atoms with Crippen molar-refractivity contribution >= 4 is 16.9 Å². The number of fused-ring (bicyclic) bond motifs is 1. The second-order valence-electron chi connectivity index (χ2n) is 6.27. The molecule has 1 unspecified atom stereocenters. The number of hydrogen-bond donors (Lipinski definition) is 0. The molecule has 2 aromatic heterocycles. The first-order valence-electron chi connectivity index (χ1n) is 8.64. The predicted molar refractivity (Wildman–Crippen MR) is 97.5 cm³/mol. The standard InChI is InChI=1S/C19H21N3O5/c1-5-13-8-18(23)27-16-9-14(6-7-15(13)16)25-11(2)19(24)22(4)10-17-21-20-12(3)26-17/h6-9,11H,5,10H2,1-4H3. The minimum Gasteiger partial charge on any atom is -0.481 e. The fourth-order valence-electron chi connectivity index (χ4n) is 2.82. The first-order chi connectivity index (χ1) is 12.9. The largest absolute Gasteiger partial charge is 0.481 e. The van der Waals surface area contributed by atoms with E-state index < -0.39 is 11.7 Å². The Balaban J connectivity index is 1.73. The molecule has 0 bridgehead atoms. The Hall–Kier alpha value is -3.16. The van der Waals surface area contributed by atoms with Crippen LogP contribution in [-0.2, 0) is 17.8 Å². The van der Waals surface area contributed by atoms with Gasteiger partial charge in [0, 0.05) is 31.5 Å². The summed E-state index contributed by atoms with van der Waals surface area (Å²) in [6, 6.07) is 6.70. The van der Waals surface area contributed by atoms with Crippen molar-refractivity contribution in [2.24, 2.45) is 0 Å². The van der Waals surface area contributed by atoms with Crippen LogP contribution < -0.4 is 10.4 Å². The zero-order chi connectivity index (χ0) is 19.6. The third kappa shape index (κ3) is 4.16. The summed E-state index contributed by atoms with van der Waals surface area (Å²) in [5.41, 5.74) is 0.938. The molecule has 1 atom stereocenters. The third-order valence-corrected chi connectivity index (χ3v) is 4.16. The van der Waals surface area contributed by atoms with Crippen LogP contribution in [0.1, 0.15) is 31.2 Å². The van der Waals surface area contributed by atoms with E-state index in [2.05, 4.69) is 10.2 Å². The van der Waals surface area contributed by atoms with Crippen molar-refractivity contribution in [1.82, 2.24) is 15.1 Å². The fourth-order valence-corrected chi connectivity index (χ4v) is 2.82. The Morgan fingerprint density at radius 1 is 1.26 bits per heavy atom. The van der Waals surface area contributed by atoms with Crippen LogP contribution in [0, 0.1) is 6.92 Å². The van der Waals surface area contributed by atoms with Crippen LogP contribution in [0.4, 0.5) is 0 Å². The summed E-state index contributed by atoms with van der Waals surface area (Å²) in [4.78, 5) is 25.6. The van der Waals surface area contributed by atoms with Crippen LogP contribution in [-0.4, -0.2) is 34.2 Å². The lowest BCUT2D eigenvalue weighted by atomic mass is 10.1. The Kier molecular flexibility index (Phi) is 5.25. The molecule has 0 spiro atoms. The van der Waals surface area contributed by atoms with E-state index in [1.807, 2.05) is 13.0 Å². The molecule has 0 fully saturated rings. The van der Waals surface area contributed by atoms with Gasteiger partial charge in [-0.3, -0.25) is 4.79 Å². The summed E-state index contributed by atoms with van der Waals surface area (Å²) in [6.07, 6.45) is -0.0190. The number of aryl methyl sites for hydroxylation is 2. The molecule has 8 heteroatoms. The Labute approximate surface area is 155 Å². The van der Waals surface area contributed by atoms with Crippen molar-refractivity contribution in [2.45, 2.75) is 39.8 Å². The molecule has 1 aromatic carbocycles. The first kappa shape index (κ1) is 18.6. The molecule has 142 valence electrons. The lowest BCUT2D eigenvalue weighted by Crippen LogP contribution is -2.37. The van der Waals surface area contributed by atoms with E-state index in [4.69, 9.17) is 13.6 Å². The van der Waals surface area contributed by atoms with E-state index in [0.717, 1.165) is 17.4 Å². The molecule has 2 heterocycles. The van der Waals surface area contributed by atoms with Gasteiger partial charge in [-0.2, -0.15) is 0 Å². The molecule has 0 aliphatic carbocycles. The normalized spacial score (nSPS) is 12.1. The molecule has 0 N–H and O–H groups in total. The molecule has 0 aliphatic heterocycles. The summed E-state index contributed by atoms with van der Waals surface area (Å²) < 4.78 is 16.3. The number of carbonyl (C=O) groups is 1. The number of carbonyl (C=O) groups excluding carboxylic acids is 1. The molecule has 3 rings (SSSR count). The molecule has 0 saturated heterocycles. The van der Waals surface area contributed by atoms with Crippen LogP contribution in [0.25, 0.3) is 11.0 Å². The molecular weight excluding hydrogens is 350 g/mol. The minimum atomic E-state index is -0.738. The average molecular weight is 371 g/mol. The summed E-state index contributed by atoms with van der Waals surface area (Å²) in [6.45, 7) is 5.51. The van der Waals surface area contributed by atoms with Crippen LogP contribution in [0.5, 0.6) is 5.75 Å². The molecule has 1 amide bonds. The fraction of sp³-hybridized carbons (Fsp3) is 0.368. The van der Waals surface area contributed by atoms with Crippen molar-refractivity contribution in [3.05, 3.63) is 52.0 Å². The maximum Gasteiger partial charge on any atom is 0.336 e. The highest BCUT2D eigenvalue weighted by molar-refractivity contribution is 5.82. The maximum atomic E-state index is 12.5. The van der Waals surface area contributed by atoms with E-state index in [1.54, 1.807) is 33.0 Å². The Morgan fingerprint density at radius 2 is 2.04 bits per heavy atom.